The molecule has 0 fully saturated rings. The summed E-state index contributed by atoms with van der Waals surface area (Å²) in [4.78, 5) is 22.5. The average molecular weight is 293 g/mol. The van der Waals surface area contributed by atoms with Crippen molar-refractivity contribution < 1.29 is 23.8 Å². The molecule has 3 N–H and O–H groups in total. The third-order valence-corrected chi connectivity index (χ3v) is 3.09. The normalized spacial score (nSPS) is 12.1. The summed E-state index contributed by atoms with van der Waals surface area (Å²) < 4.78 is 15.4. The van der Waals surface area contributed by atoms with Crippen LogP contribution in [-0.4, -0.2) is 31.3 Å². The Hall–Kier alpha value is -2.54. The first-order valence-electron chi connectivity index (χ1n) is 6.13. The van der Waals surface area contributed by atoms with Crippen molar-refractivity contribution in [2.75, 3.05) is 14.2 Å². The fraction of sp³-hybridized carbons (Fsp3) is 0.286. The molecule has 7 nitrogen and oxygen atoms in total. The number of nitrogens with two attached hydrogens (primary N) is 1. The second-order valence-corrected chi connectivity index (χ2v) is 4.44. The minimum atomic E-state index is -1.14. The maximum atomic E-state index is 11.6. The number of carboxylic acid groups (broad SMARTS) is 1. The zero-order valence-corrected chi connectivity index (χ0v) is 11.6. The number of benzene rings is 1. The highest BCUT2D eigenvalue weighted by atomic mass is 16.5. The highest BCUT2D eigenvalue weighted by Gasteiger charge is 2.17. The predicted molar refractivity (Wildman–Crippen MR) is 74.9 cm³/mol. The molecule has 112 valence electrons. The first kappa shape index (κ1) is 14.9. The van der Waals surface area contributed by atoms with Gasteiger partial charge in [0.2, 0.25) is 0 Å². The van der Waals surface area contributed by atoms with E-state index in [9.17, 15) is 9.59 Å². The fourth-order valence-corrected chi connectivity index (χ4v) is 2.05. The van der Waals surface area contributed by atoms with Crippen LogP contribution in [0.25, 0.3) is 11.0 Å². The Balaban J connectivity index is 2.64. The lowest BCUT2D eigenvalue weighted by Gasteiger charge is -2.12. The summed E-state index contributed by atoms with van der Waals surface area (Å²) >= 11 is 0. The van der Waals surface area contributed by atoms with E-state index in [0.717, 1.165) is 0 Å². The van der Waals surface area contributed by atoms with E-state index in [-0.39, 0.29) is 12.0 Å². The lowest BCUT2D eigenvalue weighted by atomic mass is 10.0. The molecule has 0 saturated carbocycles. The van der Waals surface area contributed by atoms with Gasteiger partial charge in [0, 0.05) is 17.5 Å². The van der Waals surface area contributed by atoms with Crippen LogP contribution in [0, 0.1) is 0 Å². The molecule has 0 aliphatic carbocycles. The summed E-state index contributed by atoms with van der Waals surface area (Å²) in [5.74, 6) is -0.284. The van der Waals surface area contributed by atoms with Crippen LogP contribution in [0.5, 0.6) is 11.5 Å². The van der Waals surface area contributed by atoms with E-state index in [1.54, 1.807) is 6.07 Å². The standard InChI is InChI=1S/C14H15NO6/c1-19-11-5-8-7(3-9(15)14(17)18)4-13(16)21-10(8)6-12(11)20-2/h4-6,9H,3,15H2,1-2H3,(H,17,18). The van der Waals surface area contributed by atoms with Gasteiger partial charge in [-0.25, -0.2) is 4.79 Å². The highest BCUT2D eigenvalue weighted by Crippen LogP contribution is 2.33. The number of hydrogen-bond donors (Lipinski definition) is 2. The van der Waals surface area contributed by atoms with Crippen molar-refractivity contribution in [2.24, 2.45) is 5.73 Å². The molecule has 0 spiro atoms. The largest absolute Gasteiger partial charge is 0.493 e. The van der Waals surface area contributed by atoms with E-state index in [0.29, 0.717) is 22.4 Å². The molecule has 2 aromatic rings. The maximum absolute atomic E-state index is 11.6. The third kappa shape index (κ3) is 2.97. The molecule has 2 rings (SSSR count). The summed E-state index contributed by atoms with van der Waals surface area (Å²) in [5.41, 5.74) is 5.72. The fourth-order valence-electron chi connectivity index (χ4n) is 2.05. The predicted octanol–water partition coefficient (Wildman–Crippen LogP) is 0.765. The van der Waals surface area contributed by atoms with Crippen LogP contribution in [0.2, 0.25) is 0 Å². The van der Waals surface area contributed by atoms with E-state index in [4.69, 9.17) is 24.7 Å². The molecule has 0 aliphatic heterocycles. The van der Waals surface area contributed by atoms with Gasteiger partial charge >= 0.3 is 11.6 Å². The lowest BCUT2D eigenvalue weighted by molar-refractivity contribution is -0.138. The molecule has 21 heavy (non-hydrogen) atoms. The van der Waals surface area contributed by atoms with Crippen molar-refractivity contribution in [3.05, 3.63) is 34.2 Å². The molecule has 1 aromatic carbocycles. The van der Waals surface area contributed by atoms with Gasteiger partial charge < -0.3 is 24.7 Å². The smallest absolute Gasteiger partial charge is 0.336 e. The van der Waals surface area contributed by atoms with Gasteiger partial charge in [0.05, 0.1) is 14.2 Å². The first-order valence-corrected chi connectivity index (χ1v) is 6.13. The van der Waals surface area contributed by atoms with Crippen LogP contribution in [0.4, 0.5) is 0 Å². The Morgan fingerprint density at radius 2 is 1.90 bits per heavy atom. The van der Waals surface area contributed by atoms with Crippen LogP contribution in [0.1, 0.15) is 5.56 Å². The summed E-state index contributed by atoms with van der Waals surface area (Å²) in [7, 11) is 2.94. The van der Waals surface area contributed by atoms with Crippen LogP contribution in [-0.2, 0) is 11.2 Å². The number of aliphatic carboxylic acids is 1. The topological polar surface area (TPSA) is 112 Å². The molecule has 1 unspecified atom stereocenters. The van der Waals surface area contributed by atoms with Crippen LogP contribution in [0.15, 0.2) is 27.4 Å². The minimum Gasteiger partial charge on any atom is -0.493 e. The average Bonchev–Trinajstić information content (AvgIpc) is 2.45. The van der Waals surface area contributed by atoms with E-state index in [2.05, 4.69) is 0 Å². The zero-order valence-electron chi connectivity index (χ0n) is 11.6. The Kier molecular flexibility index (Phi) is 4.13. The minimum absolute atomic E-state index is 0.00686. The zero-order chi connectivity index (χ0) is 15.6. The number of rotatable bonds is 5. The van der Waals surface area contributed by atoms with Crippen molar-refractivity contribution in [3.8, 4) is 11.5 Å². The monoisotopic (exact) mass is 293 g/mol. The van der Waals surface area contributed by atoms with Gasteiger partial charge in [0.15, 0.2) is 11.5 Å². The van der Waals surface area contributed by atoms with Crippen LogP contribution < -0.4 is 20.8 Å². The molecule has 1 aromatic heterocycles. The number of fused-ring (bicyclic) bond motifs is 1. The van der Waals surface area contributed by atoms with Gasteiger partial charge in [-0.2, -0.15) is 0 Å². The van der Waals surface area contributed by atoms with Crippen molar-refractivity contribution >= 4 is 16.9 Å². The van der Waals surface area contributed by atoms with Crippen molar-refractivity contribution in [3.63, 3.8) is 0 Å². The van der Waals surface area contributed by atoms with Gasteiger partial charge in [-0.3, -0.25) is 4.79 Å². The number of hydrogen-bond acceptors (Lipinski definition) is 6. The molecule has 1 atom stereocenters. The second-order valence-electron chi connectivity index (χ2n) is 4.44. The SMILES string of the molecule is COc1cc2oc(=O)cc(CC(N)C(=O)O)c2cc1OC. The molecular weight excluding hydrogens is 278 g/mol. The Morgan fingerprint density at radius 3 is 2.48 bits per heavy atom. The van der Waals surface area contributed by atoms with Crippen molar-refractivity contribution in [2.45, 2.75) is 12.5 Å². The number of carbonyl (C=O) groups is 1. The molecular formula is C14H15NO6. The summed E-state index contributed by atoms with van der Waals surface area (Å²) in [6.07, 6.45) is 0.00686. The van der Waals surface area contributed by atoms with Crippen LogP contribution >= 0.6 is 0 Å². The lowest BCUT2D eigenvalue weighted by Crippen LogP contribution is -2.32. The molecule has 7 heteroatoms. The first-order chi connectivity index (χ1) is 9.96. The van der Waals surface area contributed by atoms with Gasteiger partial charge in [0.1, 0.15) is 11.6 Å². The summed E-state index contributed by atoms with van der Waals surface area (Å²) in [5, 5.41) is 9.46. The van der Waals surface area contributed by atoms with Gasteiger partial charge in [-0.1, -0.05) is 0 Å². The molecule has 0 amide bonds. The number of ether oxygens (including phenoxy) is 2. The summed E-state index contributed by atoms with van der Waals surface area (Å²) in [6.45, 7) is 0. The molecule has 0 saturated heterocycles. The molecule has 1 heterocycles. The maximum Gasteiger partial charge on any atom is 0.336 e. The summed E-state index contributed by atoms with van der Waals surface area (Å²) in [6, 6.07) is 3.27. The Bertz CT molecular complexity index is 736. The Labute approximate surface area is 119 Å². The highest BCUT2D eigenvalue weighted by molar-refractivity contribution is 5.85. The van der Waals surface area contributed by atoms with E-state index >= 15 is 0 Å². The van der Waals surface area contributed by atoms with Gasteiger partial charge in [-0.15, -0.1) is 0 Å². The van der Waals surface area contributed by atoms with Gasteiger partial charge in [-0.05, 0) is 18.1 Å². The van der Waals surface area contributed by atoms with E-state index in [1.807, 2.05) is 0 Å². The number of carboxylic acids is 1. The molecule has 0 bridgehead atoms. The van der Waals surface area contributed by atoms with Crippen LogP contribution in [0.3, 0.4) is 0 Å². The quantitative estimate of drug-likeness (QED) is 0.783. The van der Waals surface area contributed by atoms with Crippen molar-refractivity contribution in [1.82, 2.24) is 0 Å². The third-order valence-electron chi connectivity index (χ3n) is 3.09. The Morgan fingerprint density at radius 1 is 1.29 bits per heavy atom. The molecule has 0 aliphatic rings. The van der Waals surface area contributed by atoms with Crippen molar-refractivity contribution in [1.29, 1.82) is 0 Å². The van der Waals surface area contributed by atoms with E-state index in [1.165, 1.54) is 26.4 Å². The van der Waals surface area contributed by atoms with Gasteiger partial charge in [0.25, 0.3) is 0 Å². The van der Waals surface area contributed by atoms with E-state index < -0.39 is 17.6 Å². The second kappa shape index (κ2) is 5.84. The number of methoxy groups -OCH3 is 2. The molecule has 0 radical (unpaired) electrons.